The van der Waals surface area contributed by atoms with Gasteiger partial charge in [-0.2, -0.15) is 11.8 Å². The molecule has 114 valence electrons. The second-order valence-corrected chi connectivity index (χ2v) is 6.75. The second-order valence-electron chi connectivity index (χ2n) is 5.14. The summed E-state index contributed by atoms with van der Waals surface area (Å²) in [6.07, 6.45) is 2.10. The van der Waals surface area contributed by atoms with Gasteiger partial charge < -0.3 is 14.5 Å². The Bertz CT molecular complexity index is 506. The maximum Gasteiger partial charge on any atom is 0.118 e. The average Bonchev–Trinajstić information content (AvgIpc) is 2.53. The SMILES string of the molecule is COc1ccc(/C(=C/N(C)C)C(=S)N2CCSCC2)cc1. The van der Waals surface area contributed by atoms with E-state index < -0.39 is 0 Å². The first-order valence-corrected chi connectivity index (χ1v) is 8.58. The van der Waals surface area contributed by atoms with E-state index in [9.17, 15) is 0 Å². The monoisotopic (exact) mass is 322 g/mol. The van der Waals surface area contributed by atoms with E-state index in [1.807, 2.05) is 42.9 Å². The molecule has 1 fully saturated rings. The first-order chi connectivity index (χ1) is 10.1. The highest BCUT2D eigenvalue weighted by atomic mass is 32.2. The van der Waals surface area contributed by atoms with Crippen molar-refractivity contribution in [2.45, 2.75) is 0 Å². The van der Waals surface area contributed by atoms with Gasteiger partial charge in [-0.05, 0) is 17.7 Å². The number of thiocarbonyl (C=S) groups is 1. The van der Waals surface area contributed by atoms with E-state index in [0.29, 0.717) is 0 Å². The third-order valence-electron chi connectivity index (χ3n) is 3.32. The molecule has 0 spiro atoms. The van der Waals surface area contributed by atoms with Crippen molar-refractivity contribution in [3.8, 4) is 5.75 Å². The summed E-state index contributed by atoms with van der Waals surface area (Å²) in [5.41, 5.74) is 2.23. The lowest BCUT2D eigenvalue weighted by atomic mass is 10.1. The van der Waals surface area contributed by atoms with Crippen LogP contribution in [0.5, 0.6) is 5.75 Å². The summed E-state index contributed by atoms with van der Waals surface area (Å²) in [5, 5.41) is 0. The Labute approximate surface area is 137 Å². The number of benzene rings is 1. The number of hydrogen-bond acceptors (Lipinski definition) is 4. The molecule has 0 saturated carbocycles. The molecular formula is C16H22N2OS2. The van der Waals surface area contributed by atoms with Crippen LogP contribution in [0.1, 0.15) is 5.56 Å². The Kier molecular flexibility index (Phi) is 5.94. The third-order valence-corrected chi connectivity index (χ3v) is 4.74. The van der Waals surface area contributed by atoms with Gasteiger partial charge >= 0.3 is 0 Å². The fourth-order valence-electron chi connectivity index (χ4n) is 2.22. The normalized spacial score (nSPS) is 15.8. The summed E-state index contributed by atoms with van der Waals surface area (Å²) < 4.78 is 5.23. The van der Waals surface area contributed by atoms with E-state index in [-0.39, 0.29) is 0 Å². The smallest absolute Gasteiger partial charge is 0.118 e. The van der Waals surface area contributed by atoms with E-state index in [1.54, 1.807) is 7.11 Å². The molecule has 0 aliphatic carbocycles. The number of methoxy groups -OCH3 is 1. The zero-order valence-electron chi connectivity index (χ0n) is 12.8. The largest absolute Gasteiger partial charge is 0.497 e. The Morgan fingerprint density at radius 1 is 1.24 bits per heavy atom. The fraction of sp³-hybridized carbons (Fsp3) is 0.438. The highest BCUT2D eigenvalue weighted by molar-refractivity contribution is 7.99. The zero-order valence-corrected chi connectivity index (χ0v) is 14.5. The summed E-state index contributed by atoms with van der Waals surface area (Å²) in [6.45, 7) is 2.06. The molecule has 1 aromatic rings. The zero-order chi connectivity index (χ0) is 15.2. The fourth-order valence-corrected chi connectivity index (χ4v) is 3.48. The van der Waals surface area contributed by atoms with Crippen LogP contribution in [0, 0.1) is 0 Å². The minimum absolute atomic E-state index is 0.864. The Balaban J connectivity index is 2.26. The summed E-state index contributed by atoms with van der Waals surface area (Å²) in [6, 6.07) is 8.10. The van der Waals surface area contributed by atoms with Gasteiger partial charge in [-0.3, -0.25) is 0 Å². The lowest BCUT2D eigenvalue weighted by Crippen LogP contribution is -2.37. The molecule has 1 aliphatic heterocycles. The average molecular weight is 322 g/mol. The van der Waals surface area contributed by atoms with Gasteiger partial charge in [0.1, 0.15) is 10.7 Å². The molecule has 1 saturated heterocycles. The summed E-state index contributed by atoms with van der Waals surface area (Å²) in [4.78, 5) is 5.30. The van der Waals surface area contributed by atoms with Gasteiger partial charge in [-0.25, -0.2) is 0 Å². The third kappa shape index (κ3) is 4.38. The standard InChI is InChI=1S/C16H22N2OS2/c1-17(2)12-15(13-4-6-14(19-3)7-5-13)16(20)18-8-10-21-11-9-18/h4-7,12H,8-11H2,1-3H3/b15-12-. The summed E-state index contributed by atoms with van der Waals surface area (Å²) in [7, 11) is 5.73. The van der Waals surface area contributed by atoms with Crippen molar-refractivity contribution in [1.82, 2.24) is 9.80 Å². The number of thioether (sulfide) groups is 1. The van der Waals surface area contributed by atoms with Crippen LogP contribution in [0.4, 0.5) is 0 Å². The van der Waals surface area contributed by atoms with Crippen molar-refractivity contribution in [2.24, 2.45) is 0 Å². The van der Waals surface area contributed by atoms with E-state index in [4.69, 9.17) is 17.0 Å². The number of rotatable bonds is 4. The van der Waals surface area contributed by atoms with Crippen LogP contribution in [0.3, 0.4) is 0 Å². The molecule has 0 N–H and O–H groups in total. The van der Waals surface area contributed by atoms with Crippen LogP contribution in [-0.2, 0) is 0 Å². The van der Waals surface area contributed by atoms with Gasteiger partial charge in [0, 0.05) is 50.5 Å². The Morgan fingerprint density at radius 3 is 2.38 bits per heavy atom. The molecule has 0 aromatic heterocycles. The lowest BCUT2D eigenvalue weighted by molar-refractivity contribution is 0.415. The molecule has 0 bridgehead atoms. The van der Waals surface area contributed by atoms with E-state index >= 15 is 0 Å². The van der Waals surface area contributed by atoms with Gasteiger partial charge in [0.2, 0.25) is 0 Å². The number of ether oxygens (including phenoxy) is 1. The molecule has 1 aliphatic rings. The van der Waals surface area contributed by atoms with Crippen LogP contribution < -0.4 is 4.74 Å². The predicted molar refractivity (Wildman–Crippen MR) is 96.2 cm³/mol. The maximum absolute atomic E-state index is 5.75. The van der Waals surface area contributed by atoms with Crippen molar-refractivity contribution in [1.29, 1.82) is 0 Å². The summed E-state index contributed by atoms with van der Waals surface area (Å²) >= 11 is 7.74. The summed E-state index contributed by atoms with van der Waals surface area (Å²) in [5.74, 6) is 3.17. The molecule has 0 amide bonds. The predicted octanol–water partition coefficient (Wildman–Crippen LogP) is 2.97. The van der Waals surface area contributed by atoms with Crippen LogP contribution >= 0.6 is 24.0 Å². The maximum atomic E-state index is 5.75. The van der Waals surface area contributed by atoms with Crippen LogP contribution in [0.15, 0.2) is 30.5 Å². The molecule has 3 nitrogen and oxygen atoms in total. The molecule has 2 rings (SSSR count). The van der Waals surface area contributed by atoms with E-state index in [0.717, 1.165) is 46.5 Å². The quantitative estimate of drug-likeness (QED) is 0.624. The van der Waals surface area contributed by atoms with Gasteiger partial charge in [-0.1, -0.05) is 24.4 Å². The molecular weight excluding hydrogens is 300 g/mol. The van der Waals surface area contributed by atoms with Crippen LogP contribution in [0.2, 0.25) is 0 Å². The first kappa shape index (κ1) is 16.2. The highest BCUT2D eigenvalue weighted by Gasteiger charge is 2.18. The van der Waals surface area contributed by atoms with Crippen molar-refractivity contribution in [3.05, 3.63) is 36.0 Å². The van der Waals surface area contributed by atoms with Gasteiger partial charge in [0.25, 0.3) is 0 Å². The molecule has 1 aromatic carbocycles. The molecule has 1 heterocycles. The van der Waals surface area contributed by atoms with Crippen molar-refractivity contribution in [3.63, 3.8) is 0 Å². The van der Waals surface area contributed by atoms with Gasteiger partial charge in [0.15, 0.2) is 0 Å². The molecule has 21 heavy (non-hydrogen) atoms. The Morgan fingerprint density at radius 2 is 1.86 bits per heavy atom. The van der Waals surface area contributed by atoms with Gasteiger partial charge in [-0.15, -0.1) is 0 Å². The van der Waals surface area contributed by atoms with E-state index in [1.165, 1.54) is 0 Å². The molecule has 5 heteroatoms. The minimum atomic E-state index is 0.864. The van der Waals surface area contributed by atoms with Crippen molar-refractivity contribution >= 4 is 34.5 Å². The lowest BCUT2D eigenvalue weighted by Gasteiger charge is -2.30. The second kappa shape index (κ2) is 7.71. The highest BCUT2D eigenvalue weighted by Crippen LogP contribution is 2.23. The Hall–Kier alpha value is -1.20. The number of nitrogens with zero attached hydrogens (tertiary/aromatic N) is 2. The minimum Gasteiger partial charge on any atom is -0.497 e. The van der Waals surface area contributed by atoms with Gasteiger partial charge in [0.05, 0.1) is 7.11 Å². The first-order valence-electron chi connectivity index (χ1n) is 7.01. The molecule has 0 unspecified atom stereocenters. The van der Waals surface area contributed by atoms with Crippen LogP contribution in [0.25, 0.3) is 5.57 Å². The van der Waals surface area contributed by atoms with Crippen LogP contribution in [-0.4, -0.2) is 60.6 Å². The van der Waals surface area contributed by atoms with Crippen molar-refractivity contribution in [2.75, 3.05) is 45.8 Å². The molecule has 0 radical (unpaired) electrons. The topological polar surface area (TPSA) is 15.7 Å². The van der Waals surface area contributed by atoms with E-state index in [2.05, 4.69) is 23.2 Å². The number of hydrogen-bond donors (Lipinski definition) is 0. The molecule has 0 atom stereocenters. The van der Waals surface area contributed by atoms with Crippen molar-refractivity contribution < 1.29 is 4.74 Å².